The first-order valence-electron chi connectivity index (χ1n) is 8.31. The Morgan fingerprint density at radius 2 is 2.00 bits per heavy atom. The van der Waals surface area contributed by atoms with Gasteiger partial charge in [-0.3, -0.25) is 0 Å². The van der Waals surface area contributed by atoms with Crippen LogP contribution >= 0.6 is 0 Å². The topological polar surface area (TPSA) is 67.6 Å². The van der Waals surface area contributed by atoms with Crippen molar-refractivity contribution in [1.82, 2.24) is 24.5 Å². The third-order valence-corrected chi connectivity index (χ3v) is 3.74. The van der Waals surface area contributed by atoms with Crippen LogP contribution in [0.15, 0.2) is 30.5 Å². The summed E-state index contributed by atoms with van der Waals surface area (Å²) in [5.74, 6) is 1.56. The van der Waals surface area contributed by atoms with Crippen molar-refractivity contribution >= 4 is 11.5 Å². The molecule has 0 saturated heterocycles. The Hall–Kier alpha value is -2.67. The predicted molar refractivity (Wildman–Crippen MR) is 98.1 cm³/mol. The SMILES string of the molecule is Cc1cc(NCc2ccnc(OCCN(C)C)c2)n2nc(C)cc2n1. The molecule has 0 aliphatic rings. The number of aromatic nitrogens is 4. The summed E-state index contributed by atoms with van der Waals surface area (Å²) in [6.07, 6.45) is 1.77. The highest BCUT2D eigenvalue weighted by molar-refractivity contribution is 5.50. The molecule has 0 spiro atoms. The highest BCUT2D eigenvalue weighted by Gasteiger charge is 2.07. The van der Waals surface area contributed by atoms with Gasteiger partial charge in [0.2, 0.25) is 5.88 Å². The molecule has 3 aromatic heterocycles. The molecular formula is C18H24N6O. The van der Waals surface area contributed by atoms with Gasteiger partial charge in [-0.1, -0.05) is 0 Å². The molecule has 3 aromatic rings. The summed E-state index contributed by atoms with van der Waals surface area (Å²) < 4.78 is 7.53. The van der Waals surface area contributed by atoms with E-state index in [-0.39, 0.29) is 0 Å². The Bertz CT molecular complexity index is 858. The number of fused-ring (bicyclic) bond motifs is 1. The number of anilines is 1. The van der Waals surface area contributed by atoms with Crippen LogP contribution in [-0.4, -0.2) is 51.7 Å². The van der Waals surface area contributed by atoms with Gasteiger partial charge in [0.25, 0.3) is 0 Å². The van der Waals surface area contributed by atoms with Crippen molar-refractivity contribution in [3.05, 3.63) is 47.4 Å². The van der Waals surface area contributed by atoms with E-state index < -0.39 is 0 Å². The average Bonchev–Trinajstić information content (AvgIpc) is 2.92. The van der Waals surface area contributed by atoms with E-state index in [4.69, 9.17) is 4.74 Å². The molecule has 0 unspecified atom stereocenters. The highest BCUT2D eigenvalue weighted by Crippen LogP contribution is 2.16. The van der Waals surface area contributed by atoms with Gasteiger partial charge >= 0.3 is 0 Å². The lowest BCUT2D eigenvalue weighted by molar-refractivity contribution is 0.253. The average molecular weight is 340 g/mol. The summed E-state index contributed by atoms with van der Waals surface area (Å²) in [6, 6.07) is 7.91. The second-order valence-electron chi connectivity index (χ2n) is 6.35. The van der Waals surface area contributed by atoms with Gasteiger partial charge in [-0.25, -0.2) is 9.97 Å². The molecule has 3 heterocycles. The highest BCUT2D eigenvalue weighted by atomic mass is 16.5. The van der Waals surface area contributed by atoms with E-state index >= 15 is 0 Å². The van der Waals surface area contributed by atoms with Crippen molar-refractivity contribution in [2.24, 2.45) is 0 Å². The summed E-state index contributed by atoms with van der Waals surface area (Å²) in [5, 5.41) is 7.92. The normalized spacial score (nSPS) is 11.2. The maximum atomic E-state index is 5.69. The standard InChI is InChI=1S/C18H24N6O/c1-13-9-16(24-17(21-13)10-14(2)22-24)20-12-15-5-6-19-18(11-15)25-8-7-23(3)4/h5-6,9-11,20H,7-8,12H2,1-4H3. The predicted octanol–water partition coefficient (Wildman–Crippen LogP) is 2.29. The van der Waals surface area contributed by atoms with Gasteiger partial charge in [0, 0.05) is 43.2 Å². The Morgan fingerprint density at radius 1 is 1.16 bits per heavy atom. The second kappa shape index (κ2) is 7.48. The number of nitrogens with zero attached hydrogens (tertiary/aromatic N) is 5. The number of ether oxygens (including phenoxy) is 1. The third kappa shape index (κ3) is 4.45. The summed E-state index contributed by atoms with van der Waals surface area (Å²) in [4.78, 5) is 10.8. The van der Waals surface area contributed by atoms with Crippen molar-refractivity contribution < 1.29 is 4.74 Å². The molecule has 0 aromatic carbocycles. The zero-order valence-electron chi connectivity index (χ0n) is 15.2. The van der Waals surface area contributed by atoms with Crippen LogP contribution in [0.4, 0.5) is 5.82 Å². The fraction of sp³-hybridized carbons (Fsp3) is 0.389. The minimum atomic E-state index is 0.619. The molecule has 7 nitrogen and oxygen atoms in total. The lowest BCUT2D eigenvalue weighted by Gasteiger charge is -2.12. The van der Waals surface area contributed by atoms with E-state index in [2.05, 4.69) is 25.3 Å². The first kappa shape index (κ1) is 17.2. The number of hydrogen-bond donors (Lipinski definition) is 1. The third-order valence-electron chi connectivity index (χ3n) is 3.74. The van der Waals surface area contributed by atoms with Crippen LogP contribution in [0, 0.1) is 13.8 Å². The molecule has 1 N–H and O–H groups in total. The maximum Gasteiger partial charge on any atom is 0.213 e. The van der Waals surface area contributed by atoms with Gasteiger partial charge in [-0.2, -0.15) is 9.61 Å². The van der Waals surface area contributed by atoms with Crippen LogP contribution in [0.5, 0.6) is 5.88 Å². The van der Waals surface area contributed by atoms with Crippen molar-refractivity contribution in [1.29, 1.82) is 0 Å². The van der Waals surface area contributed by atoms with Crippen molar-refractivity contribution in [2.75, 3.05) is 32.6 Å². The quantitative estimate of drug-likeness (QED) is 0.712. The lowest BCUT2D eigenvalue weighted by Crippen LogP contribution is -2.19. The zero-order chi connectivity index (χ0) is 17.8. The smallest absolute Gasteiger partial charge is 0.213 e. The molecule has 0 radical (unpaired) electrons. The number of rotatable bonds is 7. The minimum absolute atomic E-state index is 0.619. The Labute approximate surface area is 147 Å². The van der Waals surface area contributed by atoms with Gasteiger partial charge in [0.05, 0.1) is 5.69 Å². The van der Waals surface area contributed by atoms with Gasteiger partial charge in [0.1, 0.15) is 12.4 Å². The largest absolute Gasteiger partial charge is 0.476 e. The Balaban J connectivity index is 1.69. The van der Waals surface area contributed by atoms with Crippen molar-refractivity contribution in [2.45, 2.75) is 20.4 Å². The Kier molecular flexibility index (Phi) is 5.14. The van der Waals surface area contributed by atoms with Crippen LogP contribution in [0.25, 0.3) is 5.65 Å². The first-order valence-corrected chi connectivity index (χ1v) is 8.31. The number of nitrogens with one attached hydrogen (secondary N) is 1. The van der Waals surface area contributed by atoms with Crippen LogP contribution in [0.2, 0.25) is 0 Å². The monoisotopic (exact) mass is 340 g/mol. The molecule has 132 valence electrons. The summed E-state index contributed by atoms with van der Waals surface area (Å²) in [5.41, 5.74) is 3.85. The number of aryl methyl sites for hydroxylation is 2. The molecule has 0 bridgehead atoms. The van der Waals surface area contributed by atoms with E-state index in [9.17, 15) is 0 Å². The summed E-state index contributed by atoms with van der Waals surface area (Å²) >= 11 is 0. The summed E-state index contributed by atoms with van der Waals surface area (Å²) in [6.45, 7) is 6.08. The van der Waals surface area contributed by atoms with Gasteiger partial charge < -0.3 is 15.0 Å². The molecule has 0 amide bonds. The molecule has 3 rings (SSSR count). The fourth-order valence-electron chi connectivity index (χ4n) is 2.51. The molecule has 0 fully saturated rings. The van der Waals surface area contributed by atoms with E-state index in [1.54, 1.807) is 6.20 Å². The van der Waals surface area contributed by atoms with Crippen LogP contribution in [-0.2, 0) is 6.54 Å². The van der Waals surface area contributed by atoms with Crippen molar-refractivity contribution in [3.63, 3.8) is 0 Å². The van der Waals surface area contributed by atoms with Crippen LogP contribution in [0.1, 0.15) is 17.0 Å². The van der Waals surface area contributed by atoms with Crippen molar-refractivity contribution in [3.8, 4) is 5.88 Å². The second-order valence-corrected chi connectivity index (χ2v) is 6.35. The molecular weight excluding hydrogens is 316 g/mol. The van der Waals surface area contributed by atoms with Gasteiger partial charge in [0.15, 0.2) is 5.65 Å². The van der Waals surface area contributed by atoms with Gasteiger partial charge in [-0.15, -0.1) is 0 Å². The molecule has 0 saturated carbocycles. The molecule has 25 heavy (non-hydrogen) atoms. The van der Waals surface area contributed by atoms with Gasteiger partial charge in [-0.05, 0) is 39.6 Å². The van der Waals surface area contributed by atoms with Crippen LogP contribution in [0.3, 0.4) is 0 Å². The van der Waals surface area contributed by atoms with E-state index in [1.165, 1.54) is 0 Å². The first-order chi connectivity index (χ1) is 12.0. The minimum Gasteiger partial charge on any atom is -0.476 e. The maximum absolute atomic E-state index is 5.69. The van der Waals surface area contributed by atoms with E-state index in [0.717, 1.165) is 35.0 Å². The van der Waals surface area contributed by atoms with E-state index in [0.29, 0.717) is 19.0 Å². The van der Waals surface area contributed by atoms with Crippen LogP contribution < -0.4 is 10.1 Å². The molecule has 7 heteroatoms. The molecule has 0 aliphatic heterocycles. The summed E-state index contributed by atoms with van der Waals surface area (Å²) in [7, 11) is 4.04. The van der Waals surface area contributed by atoms with E-state index in [1.807, 2.05) is 56.7 Å². The Morgan fingerprint density at radius 3 is 2.80 bits per heavy atom. The number of likely N-dealkylation sites (N-methyl/N-ethyl adjacent to an activating group) is 1. The fourth-order valence-corrected chi connectivity index (χ4v) is 2.51. The number of hydrogen-bond acceptors (Lipinski definition) is 6. The number of pyridine rings is 1. The molecule has 0 aliphatic carbocycles. The lowest BCUT2D eigenvalue weighted by atomic mass is 10.2. The zero-order valence-corrected chi connectivity index (χ0v) is 15.2. The molecule has 0 atom stereocenters.